The minimum atomic E-state index is -4.06. The summed E-state index contributed by atoms with van der Waals surface area (Å²) in [7, 11) is 1.57. The Balaban J connectivity index is 1.37. The number of ether oxygens (including phenoxy) is 5. The maximum absolute atomic E-state index is 14.5. The minimum Gasteiger partial charge on any atom is -0.495 e. The van der Waals surface area contributed by atoms with Crippen LogP contribution in [0.2, 0.25) is 5.02 Å². The van der Waals surface area contributed by atoms with E-state index in [4.69, 9.17) is 41.0 Å². The lowest BCUT2D eigenvalue weighted by atomic mass is 9.83. The number of benzene rings is 1. The molecule has 8 amide bonds. The molecule has 1 aromatic carbocycles. The highest BCUT2D eigenvalue weighted by atomic mass is 35.5. The van der Waals surface area contributed by atoms with Crippen LogP contribution < -0.4 is 36.0 Å². The number of alkyl carbamates (subject to hydrolysis) is 1. The van der Waals surface area contributed by atoms with E-state index in [0.717, 1.165) is 20.9 Å². The highest BCUT2D eigenvalue weighted by Gasteiger charge is 2.64. The van der Waals surface area contributed by atoms with E-state index in [9.17, 15) is 51.9 Å². The largest absolute Gasteiger partial charge is 0.495 e. The highest BCUT2D eigenvalue weighted by molar-refractivity contribution is 7.89. The summed E-state index contributed by atoms with van der Waals surface area (Å²) >= 11 is 6.84. The fourth-order valence-corrected chi connectivity index (χ4v) is 11.6. The normalized spacial score (nSPS) is 25.6. The van der Waals surface area contributed by atoms with Crippen LogP contribution >= 0.6 is 11.6 Å². The Morgan fingerprint density at radius 1 is 1.04 bits per heavy atom. The summed E-state index contributed by atoms with van der Waals surface area (Å²) in [4.78, 5) is 109. The van der Waals surface area contributed by atoms with Crippen LogP contribution in [0.25, 0.3) is 0 Å². The Kier molecular flexibility index (Phi) is 22.1. The van der Waals surface area contributed by atoms with E-state index in [1.54, 1.807) is 52.0 Å². The Bertz CT molecular complexity index is 2650. The van der Waals surface area contributed by atoms with Crippen molar-refractivity contribution < 1.29 is 75.6 Å². The molecule has 0 aliphatic carbocycles. The molecule has 0 spiro atoms. The SMILES string of the molecule is COc1cc2cc(c1Cl)N(C)C(=O)CC(OC(=O)C(C)N(C)C(=O)C(CCCNC(N)=O)NC(=O)C(NS(=O)(=O)CCCCCCN1C(=O)C=CC1=O)C(C)C)C1(C)OC1C(C)C1CC(O)(NC(=O)O1)C(OC)C=CC=C(C)C2. The molecule has 4 aliphatic rings. The first-order chi connectivity index (χ1) is 37.1. The number of urea groups is 1. The smallest absolute Gasteiger partial charge is 0.409 e. The Labute approximate surface area is 466 Å². The number of imide groups is 1. The van der Waals surface area contributed by atoms with Crippen LogP contribution in [0, 0.1) is 11.8 Å². The van der Waals surface area contributed by atoms with Crippen molar-refractivity contribution in [2.45, 2.75) is 153 Å². The molecule has 79 heavy (non-hydrogen) atoms. The highest BCUT2D eigenvalue weighted by Crippen LogP contribution is 2.49. The fraction of sp³-hybridized carbons (Fsp3) is 0.623. The van der Waals surface area contributed by atoms with Crippen molar-refractivity contribution in [2.24, 2.45) is 17.6 Å². The third kappa shape index (κ3) is 16.5. The van der Waals surface area contributed by atoms with Gasteiger partial charge in [0.25, 0.3) is 11.8 Å². The molecule has 5 rings (SSSR count). The number of primary amides is 1. The Hall–Kier alpha value is -6.12. The van der Waals surface area contributed by atoms with Crippen molar-refractivity contribution in [1.29, 1.82) is 0 Å². The first-order valence-corrected chi connectivity index (χ1v) is 28.3. The molecule has 26 heteroatoms. The molecule has 10 unspecified atom stereocenters. The summed E-state index contributed by atoms with van der Waals surface area (Å²) in [5.74, 6) is -5.31. The number of methoxy groups -OCH3 is 2. The quantitative estimate of drug-likeness (QED) is 0.0421. The zero-order chi connectivity index (χ0) is 58.7. The average Bonchev–Trinajstić information content (AvgIpc) is 4.21. The number of hydrogen-bond donors (Lipinski definition) is 6. The van der Waals surface area contributed by atoms with E-state index in [1.165, 1.54) is 52.3 Å². The maximum Gasteiger partial charge on any atom is 0.409 e. The van der Waals surface area contributed by atoms with E-state index >= 15 is 0 Å². The molecule has 2 saturated heterocycles. The fourth-order valence-electron chi connectivity index (χ4n) is 9.79. The second-order valence-corrected chi connectivity index (χ2v) is 23.3. The number of allylic oxidation sites excluding steroid dienone is 3. The Morgan fingerprint density at radius 3 is 2.34 bits per heavy atom. The van der Waals surface area contributed by atoms with Gasteiger partial charge in [-0.2, -0.15) is 0 Å². The van der Waals surface area contributed by atoms with Gasteiger partial charge in [-0.3, -0.25) is 34.2 Å². The predicted molar refractivity (Wildman–Crippen MR) is 290 cm³/mol. The summed E-state index contributed by atoms with van der Waals surface area (Å²) in [6.07, 6.45) is 3.79. The van der Waals surface area contributed by atoms with Gasteiger partial charge < -0.3 is 55.0 Å². The zero-order valence-corrected chi connectivity index (χ0v) is 48.1. The number of carbonyl (C=O) groups is 8. The lowest BCUT2D eigenvalue weighted by molar-refractivity contribution is -0.162. The first-order valence-electron chi connectivity index (χ1n) is 26.3. The van der Waals surface area contributed by atoms with Crippen LogP contribution in [0.4, 0.5) is 15.3 Å². The van der Waals surface area contributed by atoms with Gasteiger partial charge in [-0.25, -0.2) is 27.5 Å². The van der Waals surface area contributed by atoms with Gasteiger partial charge in [0, 0.05) is 58.8 Å². The van der Waals surface area contributed by atoms with Crippen molar-refractivity contribution in [2.75, 3.05) is 52.1 Å². The molecule has 24 nitrogen and oxygen atoms in total. The van der Waals surface area contributed by atoms with Crippen LogP contribution in [0.3, 0.4) is 0 Å². The minimum absolute atomic E-state index is 0.000754. The number of unbranched alkanes of at least 4 members (excludes halogenated alkanes) is 3. The van der Waals surface area contributed by atoms with Gasteiger partial charge in [-0.05, 0) is 76.5 Å². The Morgan fingerprint density at radius 2 is 1.71 bits per heavy atom. The van der Waals surface area contributed by atoms with Gasteiger partial charge >= 0.3 is 18.1 Å². The summed E-state index contributed by atoms with van der Waals surface area (Å²) in [6.45, 7) is 10.0. The van der Waals surface area contributed by atoms with Crippen molar-refractivity contribution >= 4 is 74.9 Å². The van der Waals surface area contributed by atoms with Gasteiger partial charge in [-0.1, -0.05) is 69.0 Å². The van der Waals surface area contributed by atoms with Gasteiger partial charge in [0.15, 0.2) is 5.72 Å². The number of nitrogens with one attached hydrogen (secondary N) is 4. The van der Waals surface area contributed by atoms with Crippen LogP contribution in [-0.4, -0.2) is 172 Å². The summed E-state index contributed by atoms with van der Waals surface area (Å²) in [5.41, 5.74) is 3.77. The maximum atomic E-state index is 14.5. The molecule has 0 radical (unpaired) electrons. The van der Waals surface area contributed by atoms with Crippen LogP contribution in [0.1, 0.15) is 98.5 Å². The number of rotatable bonds is 22. The monoisotopic (exact) mass is 1150 g/mol. The molecule has 438 valence electrons. The number of fused-ring (bicyclic) bond motifs is 5. The number of sulfonamides is 1. The number of nitrogens with zero attached hydrogens (tertiary/aromatic N) is 3. The number of carbonyl (C=O) groups excluding carboxylic acids is 8. The van der Waals surface area contributed by atoms with Gasteiger partial charge in [0.1, 0.15) is 52.8 Å². The van der Waals surface area contributed by atoms with Crippen molar-refractivity contribution in [3.05, 3.63) is 58.7 Å². The molecule has 2 fully saturated rings. The molecule has 1 aromatic rings. The van der Waals surface area contributed by atoms with Crippen LogP contribution in [-0.2, 0) is 64.2 Å². The molecule has 0 aromatic heterocycles. The molecular formula is C53H77ClN8O16S. The molecule has 10 atom stereocenters. The molecule has 0 saturated carbocycles. The molecule has 4 aliphatic heterocycles. The average molecular weight is 1150 g/mol. The number of epoxide rings is 1. The number of amides is 8. The van der Waals surface area contributed by atoms with E-state index in [1.807, 2.05) is 13.0 Å². The first kappa shape index (κ1) is 63.7. The van der Waals surface area contributed by atoms with E-state index in [-0.39, 0.29) is 61.0 Å². The van der Waals surface area contributed by atoms with Crippen LogP contribution in [0.15, 0.2) is 48.1 Å². The lowest BCUT2D eigenvalue weighted by Crippen LogP contribution is -2.63. The van der Waals surface area contributed by atoms with E-state index in [0.29, 0.717) is 25.7 Å². The number of halogens is 1. The number of hydrogen-bond acceptors (Lipinski definition) is 16. The topological polar surface area (TPSA) is 324 Å². The predicted octanol–water partition coefficient (Wildman–Crippen LogP) is 2.88. The van der Waals surface area contributed by atoms with Gasteiger partial charge in [0.2, 0.25) is 27.7 Å². The molecular weight excluding hydrogens is 1070 g/mol. The molecule has 4 bridgehead atoms. The number of aliphatic hydroxyl groups is 1. The molecule has 4 heterocycles. The summed E-state index contributed by atoms with van der Waals surface area (Å²) in [6, 6.07) is -1.48. The van der Waals surface area contributed by atoms with Crippen LogP contribution in [0.5, 0.6) is 5.75 Å². The lowest BCUT2D eigenvalue weighted by Gasteiger charge is -2.42. The number of likely N-dealkylation sites (N-methyl/N-ethyl adjacent to an activating group) is 1. The number of nitrogens with two attached hydrogens (primary N) is 1. The zero-order valence-electron chi connectivity index (χ0n) is 46.5. The third-order valence-electron chi connectivity index (χ3n) is 14.8. The van der Waals surface area contributed by atoms with Crippen molar-refractivity contribution in [3.63, 3.8) is 0 Å². The second kappa shape index (κ2) is 27.4. The third-order valence-corrected chi connectivity index (χ3v) is 16.6. The number of anilines is 1. The number of esters is 1. The molecule has 7 N–H and O–H groups in total. The standard InChI is InChI=1S/C53H77ClN8O16S/c1-30(2)45(59-79(72,73)24-14-12-11-13-23-62-41(63)20-21-42(62)64)47(66)57-35(18-16-22-56-50(55)69)48(67)60(7)33(5)49(68)77-40-28-43(65)61(8)36-26-34(27-37(74-9)44(36)54)25-31(3)17-15-19-39(75-10)53(71)29-38(76-51(70)58-53)32(4)46-52(40,6)78-46/h15,17,19-21,26-27,30,32-33,35,38-40,45-46,59,71H,11-14,16,18,22-25,28-29H2,1-10H3,(H,57,66)(H,58,70)(H3,55,56,69). The van der Waals surface area contributed by atoms with E-state index in [2.05, 4.69) is 20.7 Å². The summed E-state index contributed by atoms with van der Waals surface area (Å²) < 4.78 is 58.6. The van der Waals surface area contributed by atoms with Gasteiger partial charge in [0.05, 0.1) is 31.1 Å². The van der Waals surface area contributed by atoms with Crippen molar-refractivity contribution in [3.8, 4) is 5.75 Å². The van der Waals surface area contributed by atoms with Crippen molar-refractivity contribution in [1.82, 2.24) is 30.5 Å². The van der Waals surface area contributed by atoms with E-state index < -0.39 is 130 Å². The summed E-state index contributed by atoms with van der Waals surface area (Å²) in [5, 5.41) is 19.6. The van der Waals surface area contributed by atoms with Gasteiger partial charge in [-0.15, -0.1) is 0 Å². The second-order valence-electron chi connectivity index (χ2n) is 21.1.